The molecule has 6 rings (SSSR count). The molecule has 66 heavy (non-hydrogen) atoms. The molecule has 0 aliphatic rings. The lowest BCUT2D eigenvalue weighted by atomic mass is 9.81. The summed E-state index contributed by atoms with van der Waals surface area (Å²) < 4.78 is 21.7. The number of nitrogens with two attached hydrogens (primary N) is 1. The largest absolute Gasteiger partial charge is 0.508 e. The molecule has 0 heterocycles. The predicted octanol–water partition coefficient (Wildman–Crippen LogP) is 9.77. The van der Waals surface area contributed by atoms with Gasteiger partial charge in [0, 0.05) is 13.1 Å². The Morgan fingerprint density at radius 2 is 0.818 bits per heavy atom. The molecule has 12 nitrogen and oxygen atoms in total. The smallest absolute Gasteiger partial charge is 0.488 e. The van der Waals surface area contributed by atoms with Crippen molar-refractivity contribution in [2.24, 2.45) is 5.73 Å². The zero-order chi connectivity index (χ0) is 47.5. The highest BCUT2D eigenvalue weighted by molar-refractivity contribution is 6.58. The Morgan fingerprint density at radius 1 is 0.500 bits per heavy atom. The molecular weight excluding hydrogens is 857 g/mol. The molecule has 0 aromatic heterocycles. The zero-order valence-electron chi connectivity index (χ0n) is 38.7. The van der Waals surface area contributed by atoms with E-state index in [1.807, 2.05) is 169 Å². The fourth-order valence-corrected chi connectivity index (χ4v) is 5.40. The molecule has 0 spiro atoms. The number of hydrogen-bond acceptors (Lipinski definition) is 10. The van der Waals surface area contributed by atoms with Gasteiger partial charge in [-0.15, -0.1) is 12.4 Å². The molecule has 0 fully saturated rings. The number of phenols is 1. The summed E-state index contributed by atoms with van der Waals surface area (Å²) >= 11 is 0. The van der Waals surface area contributed by atoms with Crippen LogP contribution in [0.15, 0.2) is 164 Å². The first-order valence-corrected chi connectivity index (χ1v) is 21.4. The standard InChI is InChI=1S/C19H23NO3.C14H15NO.C13H19NO3.C6H7BO2.ClH/c1-19(2,3)23-18(21)20-14-13-15-9-11-17(12-10-15)22-16-7-5-4-6-8-16;15-11-10-12-6-8-14(9-7-12)16-13-4-2-1-3-5-13;1-13(2,3)17-12(16)14-9-8-10-4-6-11(15)7-5-10;8-7(9)6-4-2-1-3-5-6;/h4-12H,13-14H2,1-3H3,(H,20,21);1-9H,10-11,15H2;4-7,15H,8-9H2,1-3H3,(H,14,16);1-5,8-9H;1H. The van der Waals surface area contributed by atoms with Gasteiger partial charge in [0.15, 0.2) is 0 Å². The van der Waals surface area contributed by atoms with Crippen LogP contribution in [-0.4, -0.2) is 65.3 Å². The third kappa shape index (κ3) is 25.7. The van der Waals surface area contributed by atoms with Gasteiger partial charge in [-0.1, -0.05) is 103 Å². The van der Waals surface area contributed by atoms with Crippen LogP contribution in [-0.2, 0) is 28.7 Å². The zero-order valence-corrected chi connectivity index (χ0v) is 39.5. The quantitative estimate of drug-likeness (QED) is 0.0611. The van der Waals surface area contributed by atoms with Crippen molar-refractivity contribution in [1.29, 1.82) is 0 Å². The van der Waals surface area contributed by atoms with Gasteiger partial charge in [0.2, 0.25) is 0 Å². The second-order valence-corrected chi connectivity index (χ2v) is 16.5. The number of alkyl carbamates (subject to hydrolysis) is 2. The number of para-hydroxylation sites is 2. The number of carbonyl (C=O) groups excluding carboxylic acids is 2. The van der Waals surface area contributed by atoms with Crippen LogP contribution in [0.3, 0.4) is 0 Å². The van der Waals surface area contributed by atoms with E-state index < -0.39 is 24.4 Å². The molecule has 0 radical (unpaired) electrons. The number of rotatable bonds is 13. The van der Waals surface area contributed by atoms with Crippen molar-refractivity contribution in [3.63, 3.8) is 0 Å². The van der Waals surface area contributed by atoms with Gasteiger partial charge >= 0.3 is 19.3 Å². The van der Waals surface area contributed by atoms with Crippen LogP contribution in [0.2, 0.25) is 0 Å². The molecule has 14 heteroatoms. The lowest BCUT2D eigenvalue weighted by molar-refractivity contribution is 0.0517. The van der Waals surface area contributed by atoms with Gasteiger partial charge in [-0.2, -0.15) is 0 Å². The maximum absolute atomic E-state index is 11.6. The summed E-state index contributed by atoms with van der Waals surface area (Å²) in [5, 5.41) is 31.7. The molecular formula is C52H65BClN3O9. The SMILES string of the molecule is CC(C)(C)OC(=O)NCCc1ccc(O)cc1.CC(C)(C)OC(=O)NCCc1ccc(Oc2ccccc2)cc1.Cl.NCCc1ccc(Oc2ccccc2)cc1.OB(O)c1ccccc1. The van der Waals surface area contributed by atoms with Crippen LogP contribution >= 0.6 is 12.4 Å². The van der Waals surface area contributed by atoms with Gasteiger partial charge in [-0.25, -0.2) is 9.59 Å². The molecule has 0 saturated heterocycles. The summed E-state index contributed by atoms with van der Waals surface area (Å²) in [5.74, 6) is 3.56. The Balaban J connectivity index is 0.000000313. The van der Waals surface area contributed by atoms with Crippen molar-refractivity contribution in [3.8, 4) is 28.7 Å². The van der Waals surface area contributed by atoms with Crippen LogP contribution in [0.25, 0.3) is 0 Å². The molecule has 0 saturated carbocycles. The molecule has 0 atom stereocenters. The van der Waals surface area contributed by atoms with Gasteiger partial charge in [0.1, 0.15) is 39.9 Å². The molecule has 0 bridgehead atoms. The van der Waals surface area contributed by atoms with Gasteiger partial charge in [0.25, 0.3) is 0 Å². The van der Waals surface area contributed by atoms with E-state index in [2.05, 4.69) is 10.6 Å². The molecule has 7 N–H and O–H groups in total. The van der Waals surface area contributed by atoms with Crippen molar-refractivity contribution in [1.82, 2.24) is 10.6 Å². The monoisotopic (exact) mass is 921 g/mol. The number of amides is 2. The van der Waals surface area contributed by atoms with E-state index in [0.717, 1.165) is 47.0 Å². The first-order chi connectivity index (χ1) is 31.0. The molecule has 0 unspecified atom stereocenters. The second kappa shape index (κ2) is 29.8. The number of benzene rings is 6. The van der Waals surface area contributed by atoms with Crippen molar-refractivity contribution in [3.05, 3.63) is 180 Å². The second-order valence-electron chi connectivity index (χ2n) is 16.5. The summed E-state index contributed by atoms with van der Waals surface area (Å²) in [6, 6.07) is 50.9. The van der Waals surface area contributed by atoms with Crippen LogP contribution in [0.4, 0.5) is 9.59 Å². The normalized spacial score (nSPS) is 10.3. The fourth-order valence-electron chi connectivity index (χ4n) is 5.40. The first-order valence-electron chi connectivity index (χ1n) is 21.4. The summed E-state index contributed by atoms with van der Waals surface area (Å²) in [5.41, 5.74) is 8.49. The average Bonchev–Trinajstić information content (AvgIpc) is 3.26. The minimum absolute atomic E-state index is 0. The number of phenolic OH excluding ortho intramolecular Hbond substituents is 1. The fraction of sp³-hybridized carbons (Fsp3) is 0.269. The van der Waals surface area contributed by atoms with E-state index in [4.69, 9.17) is 39.8 Å². The minimum Gasteiger partial charge on any atom is -0.508 e. The molecule has 6 aromatic rings. The van der Waals surface area contributed by atoms with Crippen molar-refractivity contribution in [2.75, 3.05) is 19.6 Å². The maximum Gasteiger partial charge on any atom is 0.488 e. The van der Waals surface area contributed by atoms with E-state index in [0.29, 0.717) is 31.5 Å². The van der Waals surface area contributed by atoms with Crippen molar-refractivity contribution < 1.29 is 43.7 Å². The lowest BCUT2D eigenvalue weighted by Crippen LogP contribution is -2.33. The highest BCUT2D eigenvalue weighted by Crippen LogP contribution is 2.22. The molecule has 2 amide bonds. The van der Waals surface area contributed by atoms with Crippen LogP contribution in [0, 0.1) is 0 Å². The van der Waals surface area contributed by atoms with E-state index in [1.54, 1.807) is 36.4 Å². The van der Waals surface area contributed by atoms with E-state index in [-0.39, 0.29) is 24.2 Å². The van der Waals surface area contributed by atoms with Gasteiger partial charge < -0.3 is 50.5 Å². The summed E-state index contributed by atoms with van der Waals surface area (Å²) in [6.45, 7) is 12.7. The highest BCUT2D eigenvalue weighted by Gasteiger charge is 2.16. The first kappa shape index (κ1) is 55.6. The summed E-state index contributed by atoms with van der Waals surface area (Å²) in [7, 11) is -1.34. The van der Waals surface area contributed by atoms with Crippen molar-refractivity contribution in [2.45, 2.75) is 72.0 Å². The van der Waals surface area contributed by atoms with Crippen LogP contribution in [0.1, 0.15) is 58.2 Å². The molecule has 0 aliphatic heterocycles. The third-order valence-electron chi connectivity index (χ3n) is 8.44. The maximum atomic E-state index is 11.6. The van der Waals surface area contributed by atoms with Crippen molar-refractivity contribution >= 4 is 37.2 Å². The van der Waals surface area contributed by atoms with E-state index in [9.17, 15) is 9.59 Å². The lowest BCUT2D eigenvalue weighted by Gasteiger charge is -2.19. The van der Waals surface area contributed by atoms with Gasteiger partial charge in [-0.05, 0) is 150 Å². The number of nitrogens with one attached hydrogen (secondary N) is 2. The topological polar surface area (TPSA) is 182 Å². The number of ether oxygens (including phenoxy) is 4. The van der Waals surface area contributed by atoms with Crippen LogP contribution in [0.5, 0.6) is 28.7 Å². The Morgan fingerprint density at radius 3 is 1.14 bits per heavy atom. The Bertz CT molecular complexity index is 2210. The molecule has 352 valence electrons. The number of hydrogen-bond donors (Lipinski definition) is 6. The molecule has 0 aliphatic carbocycles. The third-order valence-corrected chi connectivity index (χ3v) is 8.44. The Hall–Kier alpha value is -6.51. The summed E-state index contributed by atoms with van der Waals surface area (Å²) in [6.07, 6.45) is 1.56. The van der Waals surface area contributed by atoms with Gasteiger partial charge in [0.05, 0.1) is 0 Å². The minimum atomic E-state index is -1.34. The Kier molecular flexibility index (Phi) is 25.2. The van der Waals surface area contributed by atoms with E-state index >= 15 is 0 Å². The number of carbonyl (C=O) groups is 2. The highest BCUT2D eigenvalue weighted by atomic mass is 35.5. The Labute approximate surface area is 396 Å². The molecule has 6 aromatic carbocycles. The number of aromatic hydroxyl groups is 1. The summed E-state index contributed by atoms with van der Waals surface area (Å²) in [4.78, 5) is 22.9. The predicted molar refractivity (Wildman–Crippen MR) is 266 cm³/mol. The van der Waals surface area contributed by atoms with Gasteiger partial charge in [-0.3, -0.25) is 0 Å². The average molecular weight is 922 g/mol. The number of halogens is 1. The van der Waals surface area contributed by atoms with Crippen LogP contribution < -0.4 is 31.3 Å². The van der Waals surface area contributed by atoms with E-state index in [1.165, 1.54) is 5.56 Å².